The molecule has 0 radical (unpaired) electrons. The molecule has 0 fully saturated rings. The fraction of sp³-hybridized carbons (Fsp3) is 0.286. The van der Waals surface area contributed by atoms with Crippen molar-refractivity contribution in [3.05, 3.63) is 59.2 Å². The van der Waals surface area contributed by atoms with E-state index >= 15 is 0 Å². The van der Waals surface area contributed by atoms with Gasteiger partial charge in [-0.1, -0.05) is 44.2 Å². The fourth-order valence-corrected chi connectivity index (χ4v) is 3.41. The molecule has 1 aliphatic rings. The Labute approximate surface area is 153 Å². The predicted octanol–water partition coefficient (Wildman–Crippen LogP) is 3.50. The van der Waals surface area contributed by atoms with Gasteiger partial charge in [-0.25, -0.2) is 0 Å². The normalized spacial score (nSPS) is 14.6. The van der Waals surface area contributed by atoms with Crippen molar-refractivity contribution in [1.82, 2.24) is 0 Å². The Kier molecular flexibility index (Phi) is 4.64. The van der Waals surface area contributed by atoms with E-state index in [-0.39, 0.29) is 11.8 Å². The molecule has 0 aliphatic carbocycles. The summed E-state index contributed by atoms with van der Waals surface area (Å²) >= 11 is 0. The first kappa shape index (κ1) is 17.9. The smallest absolute Gasteiger partial charge is 0.300 e. The minimum absolute atomic E-state index is 0.165. The lowest BCUT2D eigenvalue weighted by atomic mass is 10.00. The maximum atomic E-state index is 13.1. The SMILES string of the molecule is Cc1cccc(C)c1NC(=O)C(C(C)C)N1C(=O)C(=O)c2ccccc21. The van der Waals surface area contributed by atoms with Gasteiger partial charge in [-0.2, -0.15) is 0 Å². The van der Waals surface area contributed by atoms with E-state index < -0.39 is 17.7 Å². The number of aryl methyl sites for hydroxylation is 2. The van der Waals surface area contributed by atoms with Crippen LogP contribution in [-0.4, -0.2) is 23.6 Å². The van der Waals surface area contributed by atoms with Crippen LogP contribution in [0, 0.1) is 19.8 Å². The number of fused-ring (bicyclic) bond motifs is 1. The first-order valence-corrected chi connectivity index (χ1v) is 8.67. The number of hydrogen-bond acceptors (Lipinski definition) is 3. The number of carbonyl (C=O) groups is 3. The van der Waals surface area contributed by atoms with Gasteiger partial charge < -0.3 is 5.32 Å². The predicted molar refractivity (Wildman–Crippen MR) is 101 cm³/mol. The van der Waals surface area contributed by atoms with Gasteiger partial charge in [-0.15, -0.1) is 0 Å². The number of anilines is 2. The molecule has 134 valence electrons. The largest absolute Gasteiger partial charge is 0.324 e. The quantitative estimate of drug-likeness (QED) is 0.858. The highest BCUT2D eigenvalue weighted by molar-refractivity contribution is 6.53. The lowest BCUT2D eigenvalue weighted by Gasteiger charge is -2.30. The molecular weight excluding hydrogens is 328 g/mol. The van der Waals surface area contributed by atoms with Gasteiger partial charge >= 0.3 is 0 Å². The molecule has 0 spiro atoms. The maximum absolute atomic E-state index is 13.1. The second-order valence-corrected chi connectivity index (χ2v) is 6.97. The van der Waals surface area contributed by atoms with Crippen molar-refractivity contribution < 1.29 is 14.4 Å². The monoisotopic (exact) mass is 350 g/mol. The summed E-state index contributed by atoms with van der Waals surface area (Å²) in [6, 6.07) is 11.8. The Morgan fingerprint density at radius 1 is 0.962 bits per heavy atom. The number of benzene rings is 2. The van der Waals surface area contributed by atoms with Crippen molar-refractivity contribution in [1.29, 1.82) is 0 Å². The number of Topliss-reactive ketones (excluding diaryl/α,β-unsaturated/α-hetero) is 1. The molecule has 5 heteroatoms. The second kappa shape index (κ2) is 6.75. The summed E-state index contributed by atoms with van der Waals surface area (Å²) in [5.74, 6) is -1.68. The highest BCUT2D eigenvalue weighted by Gasteiger charge is 2.43. The maximum Gasteiger partial charge on any atom is 0.300 e. The molecular formula is C21H22N2O3. The molecule has 2 aromatic carbocycles. The number of nitrogens with one attached hydrogen (secondary N) is 1. The minimum Gasteiger partial charge on any atom is -0.324 e. The molecule has 0 aromatic heterocycles. The summed E-state index contributed by atoms with van der Waals surface area (Å²) in [7, 11) is 0. The molecule has 0 saturated carbocycles. The number of para-hydroxylation sites is 2. The lowest BCUT2D eigenvalue weighted by Crippen LogP contribution is -2.50. The number of amides is 2. The van der Waals surface area contributed by atoms with Gasteiger partial charge in [0.05, 0.1) is 11.3 Å². The molecule has 1 N–H and O–H groups in total. The van der Waals surface area contributed by atoms with E-state index in [0.29, 0.717) is 11.3 Å². The third kappa shape index (κ3) is 2.90. The first-order valence-electron chi connectivity index (χ1n) is 8.67. The molecule has 0 bridgehead atoms. The molecule has 2 aromatic rings. The van der Waals surface area contributed by atoms with Gasteiger partial charge in [-0.05, 0) is 43.0 Å². The summed E-state index contributed by atoms with van der Waals surface area (Å²) in [6.07, 6.45) is 0. The molecule has 1 aliphatic heterocycles. The summed E-state index contributed by atoms with van der Waals surface area (Å²) in [5.41, 5.74) is 3.49. The van der Waals surface area contributed by atoms with Crippen LogP contribution in [0.1, 0.15) is 35.3 Å². The molecule has 1 atom stereocenters. The van der Waals surface area contributed by atoms with E-state index in [0.717, 1.165) is 16.8 Å². The van der Waals surface area contributed by atoms with Crippen molar-refractivity contribution in [2.24, 2.45) is 5.92 Å². The van der Waals surface area contributed by atoms with Crippen LogP contribution in [0.15, 0.2) is 42.5 Å². The van der Waals surface area contributed by atoms with Crippen LogP contribution in [0.2, 0.25) is 0 Å². The number of rotatable bonds is 4. The highest BCUT2D eigenvalue weighted by Crippen LogP contribution is 2.33. The van der Waals surface area contributed by atoms with Crippen molar-refractivity contribution in [3.63, 3.8) is 0 Å². The van der Waals surface area contributed by atoms with E-state index in [4.69, 9.17) is 0 Å². The van der Waals surface area contributed by atoms with Crippen LogP contribution < -0.4 is 10.2 Å². The van der Waals surface area contributed by atoms with E-state index in [1.165, 1.54) is 4.90 Å². The molecule has 26 heavy (non-hydrogen) atoms. The minimum atomic E-state index is -0.769. The van der Waals surface area contributed by atoms with Crippen LogP contribution >= 0.6 is 0 Å². The van der Waals surface area contributed by atoms with Gasteiger partial charge in [0.2, 0.25) is 5.91 Å². The van der Waals surface area contributed by atoms with Crippen molar-refractivity contribution in [3.8, 4) is 0 Å². The molecule has 0 saturated heterocycles. The zero-order chi connectivity index (χ0) is 19.0. The highest BCUT2D eigenvalue weighted by atomic mass is 16.2. The molecule has 5 nitrogen and oxygen atoms in total. The zero-order valence-corrected chi connectivity index (χ0v) is 15.4. The van der Waals surface area contributed by atoms with E-state index in [9.17, 15) is 14.4 Å². The Bertz CT molecular complexity index is 882. The van der Waals surface area contributed by atoms with Gasteiger partial charge in [0.25, 0.3) is 11.7 Å². The van der Waals surface area contributed by atoms with E-state index in [1.807, 2.05) is 45.9 Å². The number of carbonyl (C=O) groups excluding carboxylic acids is 3. The number of nitrogens with zero attached hydrogens (tertiary/aromatic N) is 1. The molecule has 1 unspecified atom stereocenters. The number of hydrogen-bond donors (Lipinski definition) is 1. The summed E-state index contributed by atoms with van der Waals surface area (Å²) in [4.78, 5) is 39.3. The lowest BCUT2D eigenvalue weighted by molar-refractivity contribution is -0.122. The molecule has 3 rings (SSSR count). The second-order valence-electron chi connectivity index (χ2n) is 6.97. The van der Waals surface area contributed by atoms with Crippen molar-refractivity contribution >= 4 is 29.0 Å². The fourth-order valence-electron chi connectivity index (χ4n) is 3.41. The Morgan fingerprint density at radius 3 is 2.19 bits per heavy atom. The average Bonchev–Trinajstić information content (AvgIpc) is 2.84. The Balaban J connectivity index is 1.99. The standard InChI is InChI=1S/C21H22N2O3/c1-12(2)18(20(25)22-17-13(3)8-7-9-14(17)4)23-16-11-6-5-10-15(16)19(24)21(23)26/h5-12,18H,1-4H3,(H,22,25). The summed E-state index contributed by atoms with van der Waals surface area (Å²) in [5, 5.41) is 2.96. The summed E-state index contributed by atoms with van der Waals surface area (Å²) in [6.45, 7) is 7.58. The zero-order valence-electron chi connectivity index (χ0n) is 15.4. The number of ketones is 1. The van der Waals surface area contributed by atoms with Gasteiger partial charge in [-0.3, -0.25) is 19.3 Å². The van der Waals surface area contributed by atoms with Crippen LogP contribution in [-0.2, 0) is 9.59 Å². The Hall–Kier alpha value is -2.95. The summed E-state index contributed by atoms with van der Waals surface area (Å²) < 4.78 is 0. The first-order chi connectivity index (χ1) is 12.3. The van der Waals surface area contributed by atoms with Crippen molar-refractivity contribution in [2.75, 3.05) is 10.2 Å². The Morgan fingerprint density at radius 2 is 1.58 bits per heavy atom. The molecule has 1 heterocycles. The van der Waals surface area contributed by atoms with Gasteiger partial charge in [0, 0.05) is 5.69 Å². The van der Waals surface area contributed by atoms with Crippen molar-refractivity contribution in [2.45, 2.75) is 33.7 Å². The van der Waals surface area contributed by atoms with Gasteiger partial charge in [0.15, 0.2) is 0 Å². The van der Waals surface area contributed by atoms with E-state index in [1.54, 1.807) is 24.3 Å². The van der Waals surface area contributed by atoms with Crippen LogP contribution in [0.5, 0.6) is 0 Å². The van der Waals surface area contributed by atoms with Crippen LogP contribution in [0.3, 0.4) is 0 Å². The van der Waals surface area contributed by atoms with Crippen LogP contribution in [0.4, 0.5) is 11.4 Å². The average molecular weight is 350 g/mol. The van der Waals surface area contributed by atoms with Gasteiger partial charge in [0.1, 0.15) is 6.04 Å². The van der Waals surface area contributed by atoms with E-state index in [2.05, 4.69) is 5.32 Å². The van der Waals surface area contributed by atoms with Crippen LogP contribution in [0.25, 0.3) is 0 Å². The third-order valence-electron chi connectivity index (χ3n) is 4.73. The topological polar surface area (TPSA) is 66.5 Å². The third-order valence-corrected chi connectivity index (χ3v) is 4.73. The molecule has 2 amide bonds.